The van der Waals surface area contributed by atoms with Crippen LogP contribution in [-0.2, 0) is 4.79 Å². The van der Waals surface area contributed by atoms with Gasteiger partial charge in [0.2, 0.25) is 5.95 Å². The van der Waals surface area contributed by atoms with Crippen molar-refractivity contribution in [3.05, 3.63) is 52.8 Å². The van der Waals surface area contributed by atoms with E-state index in [1.165, 1.54) is 6.33 Å². The molecule has 1 aromatic carbocycles. The minimum Gasteiger partial charge on any atom is -0.497 e. The highest BCUT2D eigenvalue weighted by Crippen LogP contribution is 2.48. The summed E-state index contributed by atoms with van der Waals surface area (Å²) in [6.07, 6.45) is 3.09. The Hall–Kier alpha value is -3.80. The molecule has 0 amide bonds. The van der Waals surface area contributed by atoms with Gasteiger partial charge in [-0.2, -0.15) is 15.3 Å². The van der Waals surface area contributed by atoms with E-state index in [2.05, 4.69) is 21.3 Å². The second-order valence-corrected chi connectivity index (χ2v) is 6.73. The summed E-state index contributed by atoms with van der Waals surface area (Å²) in [7, 11) is 3.11. The van der Waals surface area contributed by atoms with E-state index in [0.29, 0.717) is 47.8 Å². The van der Waals surface area contributed by atoms with Crippen molar-refractivity contribution in [2.45, 2.75) is 25.2 Å². The lowest BCUT2D eigenvalue weighted by Gasteiger charge is -2.38. The molecule has 0 bridgehead atoms. The van der Waals surface area contributed by atoms with Crippen LogP contribution in [0.1, 0.15) is 30.7 Å². The summed E-state index contributed by atoms with van der Waals surface area (Å²) in [6.45, 7) is 0. The summed E-state index contributed by atoms with van der Waals surface area (Å²) in [5.41, 5.74) is 8.61. The van der Waals surface area contributed by atoms with Gasteiger partial charge in [0.1, 0.15) is 23.6 Å². The van der Waals surface area contributed by atoms with Crippen LogP contribution in [0.25, 0.3) is 0 Å². The SMILES string of the molecule is COc1ccc(OC)c([C@@H]2C(C#N)=C(N)N(c3ncn[nH]3)C3=C2C(=O)CCC3)c1. The predicted octanol–water partition coefficient (Wildman–Crippen LogP) is 2.13. The number of nitrogens with one attached hydrogen (secondary N) is 1. The van der Waals surface area contributed by atoms with E-state index in [1.807, 2.05) is 0 Å². The first kappa shape index (κ1) is 18.6. The Labute approximate surface area is 167 Å². The van der Waals surface area contributed by atoms with Gasteiger partial charge < -0.3 is 15.2 Å². The quantitative estimate of drug-likeness (QED) is 0.809. The molecule has 4 rings (SSSR count). The molecule has 2 aliphatic rings. The molecule has 0 saturated carbocycles. The lowest BCUT2D eigenvalue weighted by atomic mass is 9.75. The third kappa shape index (κ3) is 2.89. The molecule has 0 saturated heterocycles. The van der Waals surface area contributed by atoms with Crippen LogP contribution in [0.5, 0.6) is 11.5 Å². The molecule has 29 heavy (non-hydrogen) atoms. The second-order valence-electron chi connectivity index (χ2n) is 6.73. The van der Waals surface area contributed by atoms with E-state index in [4.69, 9.17) is 15.2 Å². The van der Waals surface area contributed by atoms with E-state index in [0.717, 1.165) is 5.70 Å². The molecule has 0 unspecified atom stereocenters. The van der Waals surface area contributed by atoms with Gasteiger partial charge in [-0.25, -0.2) is 5.10 Å². The molecular formula is C20H20N6O3. The summed E-state index contributed by atoms with van der Waals surface area (Å²) in [4.78, 5) is 18.9. The van der Waals surface area contributed by atoms with E-state index in [1.54, 1.807) is 37.3 Å². The number of nitriles is 1. The maximum atomic E-state index is 13.1. The van der Waals surface area contributed by atoms with Crippen molar-refractivity contribution in [2.24, 2.45) is 5.73 Å². The molecule has 0 fully saturated rings. The Morgan fingerprint density at radius 2 is 2.14 bits per heavy atom. The molecule has 1 aromatic heterocycles. The van der Waals surface area contributed by atoms with Gasteiger partial charge in [-0.05, 0) is 31.0 Å². The zero-order valence-electron chi connectivity index (χ0n) is 16.1. The average molecular weight is 392 g/mol. The average Bonchev–Trinajstić information content (AvgIpc) is 3.26. The van der Waals surface area contributed by atoms with Gasteiger partial charge in [0.25, 0.3) is 0 Å². The van der Waals surface area contributed by atoms with Crippen LogP contribution in [0.3, 0.4) is 0 Å². The number of aromatic amines is 1. The predicted molar refractivity (Wildman–Crippen MR) is 104 cm³/mol. The molecule has 1 aliphatic carbocycles. The Balaban J connectivity index is 2.00. The van der Waals surface area contributed by atoms with Crippen LogP contribution in [-0.4, -0.2) is 35.2 Å². The number of Topliss-reactive ketones (excluding diaryl/α,β-unsaturated/α-hetero) is 1. The minimum absolute atomic E-state index is 0.0223. The number of anilines is 1. The fraction of sp³-hybridized carbons (Fsp3) is 0.300. The first-order valence-corrected chi connectivity index (χ1v) is 9.14. The van der Waals surface area contributed by atoms with Crippen LogP contribution in [0.15, 0.2) is 47.2 Å². The van der Waals surface area contributed by atoms with E-state index in [-0.39, 0.29) is 17.2 Å². The molecule has 148 valence electrons. The summed E-state index contributed by atoms with van der Waals surface area (Å²) >= 11 is 0. The molecule has 9 heteroatoms. The Morgan fingerprint density at radius 3 is 2.79 bits per heavy atom. The summed E-state index contributed by atoms with van der Waals surface area (Å²) in [6, 6.07) is 7.51. The topological polar surface area (TPSA) is 130 Å². The molecular weight excluding hydrogens is 372 g/mol. The Bertz CT molecular complexity index is 1060. The number of hydrogen-bond acceptors (Lipinski definition) is 8. The van der Waals surface area contributed by atoms with Crippen molar-refractivity contribution in [3.63, 3.8) is 0 Å². The Kier molecular flexibility index (Phi) is 4.68. The zero-order chi connectivity index (χ0) is 20.5. The zero-order valence-corrected chi connectivity index (χ0v) is 16.1. The summed E-state index contributed by atoms with van der Waals surface area (Å²) in [5.74, 6) is 1.06. The van der Waals surface area contributed by atoms with Crippen molar-refractivity contribution >= 4 is 11.7 Å². The second kappa shape index (κ2) is 7.31. The van der Waals surface area contributed by atoms with E-state index >= 15 is 0 Å². The lowest BCUT2D eigenvalue weighted by molar-refractivity contribution is -0.116. The molecule has 1 aliphatic heterocycles. The first-order valence-electron chi connectivity index (χ1n) is 9.14. The molecule has 2 aromatic rings. The number of aromatic nitrogens is 3. The fourth-order valence-corrected chi connectivity index (χ4v) is 4.01. The fourth-order valence-electron chi connectivity index (χ4n) is 4.01. The van der Waals surface area contributed by atoms with Gasteiger partial charge in [0.05, 0.1) is 31.8 Å². The first-order chi connectivity index (χ1) is 14.1. The van der Waals surface area contributed by atoms with Gasteiger partial charge >= 0.3 is 0 Å². The van der Waals surface area contributed by atoms with Crippen LogP contribution in [0, 0.1) is 11.3 Å². The third-order valence-electron chi connectivity index (χ3n) is 5.28. The number of nitrogens with zero attached hydrogens (tertiary/aromatic N) is 4. The highest BCUT2D eigenvalue weighted by molar-refractivity contribution is 6.01. The van der Waals surface area contributed by atoms with Crippen molar-refractivity contribution in [1.82, 2.24) is 15.2 Å². The molecule has 0 spiro atoms. The molecule has 0 radical (unpaired) electrons. The number of ether oxygens (including phenoxy) is 2. The van der Waals surface area contributed by atoms with Crippen molar-refractivity contribution in [3.8, 4) is 17.6 Å². The standard InChI is InChI=1S/C20H20N6O3/c1-28-11-6-7-16(29-2)12(8-11)17-13(9-21)19(22)26(20-23-10-24-25-20)14-4-3-5-15(27)18(14)17/h6-8,10,17H,3-5,22H2,1-2H3,(H,23,24,25)/t17-/m1/s1. The lowest BCUT2D eigenvalue weighted by Crippen LogP contribution is -2.39. The highest BCUT2D eigenvalue weighted by atomic mass is 16.5. The number of hydrogen-bond donors (Lipinski definition) is 2. The maximum Gasteiger partial charge on any atom is 0.231 e. The molecule has 1 atom stereocenters. The monoisotopic (exact) mass is 392 g/mol. The van der Waals surface area contributed by atoms with Crippen molar-refractivity contribution in [1.29, 1.82) is 5.26 Å². The number of carbonyl (C=O) groups is 1. The number of benzene rings is 1. The normalized spacial score (nSPS) is 19.1. The van der Waals surface area contributed by atoms with Gasteiger partial charge in [-0.3, -0.25) is 9.69 Å². The van der Waals surface area contributed by atoms with Gasteiger partial charge in [0, 0.05) is 23.3 Å². The smallest absolute Gasteiger partial charge is 0.231 e. The van der Waals surface area contributed by atoms with E-state index in [9.17, 15) is 10.1 Å². The Morgan fingerprint density at radius 1 is 1.31 bits per heavy atom. The molecule has 9 nitrogen and oxygen atoms in total. The van der Waals surface area contributed by atoms with Gasteiger partial charge in [-0.15, -0.1) is 0 Å². The molecule has 2 heterocycles. The van der Waals surface area contributed by atoms with Crippen LogP contribution < -0.4 is 20.1 Å². The number of H-pyrrole nitrogens is 1. The van der Waals surface area contributed by atoms with Gasteiger partial charge in [0.15, 0.2) is 5.78 Å². The highest BCUT2D eigenvalue weighted by Gasteiger charge is 2.42. The summed E-state index contributed by atoms with van der Waals surface area (Å²) in [5, 5.41) is 16.7. The van der Waals surface area contributed by atoms with Crippen molar-refractivity contribution < 1.29 is 14.3 Å². The number of methoxy groups -OCH3 is 2. The van der Waals surface area contributed by atoms with E-state index < -0.39 is 5.92 Å². The van der Waals surface area contributed by atoms with Crippen LogP contribution >= 0.6 is 0 Å². The largest absolute Gasteiger partial charge is 0.497 e. The number of nitrogens with two attached hydrogens (primary N) is 1. The third-order valence-corrected chi connectivity index (χ3v) is 5.28. The van der Waals surface area contributed by atoms with Gasteiger partial charge in [-0.1, -0.05) is 0 Å². The summed E-state index contributed by atoms with van der Waals surface area (Å²) < 4.78 is 10.9. The number of carbonyl (C=O) groups excluding carboxylic acids is 1. The van der Waals surface area contributed by atoms with Crippen LogP contribution in [0.4, 0.5) is 5.95 Å². The van der Waals surface area contributed by atoms with Crippen LogP contribution in [0.2, 0.25) is 0 Å². The number of rotatable bonds is 4. The maximum absolute atomic E-state index is 13.1. The number of allylic oxidation sites excluding steroid dienone is 3. The molecule has 3 N–H and O–H groups in total. The minimum atomic E-state index is -0.646. The number of ketones is 1. The van der Waals surface area contributed by atoms with Crippen molar-refractivity contribution in [2.75, 3.05) is 19.1 Å².